The van der Waals surface area contributed by atoms with Crippen LogP contribution in [0.15, 0.2) is 59.5 Å². The van der Waals surface area contributed by atoms with E-state index in [9.17, 15) is 18.3 Å². The standard InChI is InChI=1S/C27H32N6O4S2/c1-2-23(32-13-4-3-5-14-32)39(36,37)24-10-9-22(38-24)25-21(19-7-6-8-20(34)17-19)18-30-26(31-25)28-11-15-33-16-12-29-27(33)35/h2,6-10,17-18,23,34H,1,3-5,11-16H2,(H,29,35)(H,28,30,31). The fourth-order valence-corrected chi connectivity index (χ4v) is 8.05. The van der Waals surface area contributed by atoms with Gasteiger partial charge in [0.05, 0.1) is 10.6 Å². The minimum Gasteiger partial charge on any atom is -0.508 e. The summed E-state index contributed by atoms with van der Waals surface area (Å²) in [6.45, 7) is 7.53. The predicted molar refractivity (Wildman–Crippen MR) is 153 cm³/mol. The number of urea groups is 1. The van der Waals surface area contributed by atoms with Crippen LogP contribution in [-0.4, -0.2) is 84.0 Å². The number of phenols is 1. The van der Waals surface area contributed by atoms with E-state index in [0.717, 1.165) is 43.7 Å². The van der Waals surface area contributed by atoms with Gasteiger partial charge in [-0.05, 0) is 55.8 Å². The summed E-state index contributed by atoms with van der Waals surface area (Å²) in [5.74, 6) is 0.470. The van der Waals surface area contributed by atoms with Crippen molar-refractivity contribution in [1.29, 1.82) is 0 Å². The van der Waals surface area contributed by atoms with E-state index in [0.29, 0.717) is 53.8 Å². The number of carbonyl (C=O) groups is 1. The molecule has 3 aromatic rings. The fraction of sp³-hybridized carbons (Fsp3) is 0.370. The highest BCUT2D eigenvalue weighted by molar-refractivity contribution is 7.94. The zero-order valence-corrected chi connectivity index (χ0v) is 23.2. The Hall–Kier alpha value is -3.48. The summed E-state index contributed by atoms with van der Waals surface area (Å²) in [5, 5.41) is 15.2. The molecule has 2 aliphatic heterocycles. The van der Waals surface area contributed by atoms with E-state index in [-0.39, 0.29) is 16.0 Å². The van der Waals surface area contributed by atoms with Gasteiger partial charge >= 0.3 is 6.03 Å². The van der Waals surface area contributed by atoms with E-state index in [2.05, 4.69) is 22.2 Å². The Labute approximate surface area is 232 Å². The van der Waals surface area contributed by atoms with Crippen molar-refractivity contribution in [2.24, 2.45) is 0 Å². The van der Waals surface area contributed by atoms with Gasteiger partial charge in [0.15, 0.2) is 0 Å². The van der Waals surface area contributed by atoms with Gasteiger partial charge in [-0.3, -0.25) is 4.90 Å². The van der Waals surface area contributed by atoms with Gasteiger partial charge in [-0.15, -0.1) is 17.9 Å². The van der Waals surface area contributed by atoms with Gasteiger partial charge in [-0.1, -0.05) is 24.6 Å². The number of carbonyl (C=O) groups excluding carboxylic acids is 1. The van der Waals surface area contributed by atoms with E-state index < -0.39 is 15.2 Å². The van der Waals surface area contributed by atoms with Crippen LogP contribution in [0.25, 0.3) is 21.7 Å². The molecule has 2 saturated heterocycles. The number of aromatic nitrogens is 2. The van der Waals surface area contributed by atoms with Crippen LogP contribution in [0.3, 0.4) is 0 Å². The van der Waals surface area contributed by atoms with Crippen LogP contribution < -0.4 is 10.6 Å². The van der Waals surface area contributed by atoms with E-state index in [1.165, 1.54) is 6.08 Å². The summed E-state index contributed by atoms with van der Waals surface area (Å²) >= 11 is 1.16. The Kier molecular flexibility index (Phi) is 8.15. The molecule has 0 saturated carbocycles. The van der Waals surface area contributed by atoms with Gasteiger partial charge in [0.1, 0.15) is 15.3 Å². The highest BCUT2D eigenvalue weighted by atomic mass is 32.2. The summed E-state index contributed by atoms with van der Waals surface area (Å²) in [7, 11) is -3.68. The number of sulfone groups is 1. The predicted octanol–water partition coefficient (Wildman–Crippen LogP) is 3.79. The second kappa shape index (κ2) is 11.7. The van der Waals surface area contributed by atoms with Gasteiger partial charge in [-0.25, -0.2) is 23.2 Å². The normalized spacial score (nSPS) is 17.1. The first-order chi connectivity index (χ1) is 18.9. The molecule has 39 heavy (non-hydrogen) atoms. The van der Waals surface area contributed by atoms with Crippen LogP contribution in [0.2, 0.25) is 0 Å². The number of nitrogens with one attached hydrogen (secondary N) is 2. The molecular formula is C27H32N6O4S2. The van der Waals surface area contributed by atoms with Crippen molar-refractivity contribution >= 4 is 33.2 Å². The summed E-state index contributed by atoms with van der Waals surface area (Å²) in [5.41, 5.74) is 1.93. The zero-order valence-electron chi connectivity index (χ0n) is 21.5. The SMILES string of the molecule is C=CC(N1CCCCC1)S(=O)(=O)c1ccc(-c2nc(NCCN3CCNC3=O)ncc2-c2cccc(O)c2)s1. The average molecular weight is 569 g/mol. The largest absolute Gasteiger partial charge is 0.508 e. The third-order valence-electron chi connectivity index (χ3n) is 6.92. The van der Waals surface area contributed by atoms with Crippen LogP contribution in [-0.2, 0) is 9.84 Å². The number of likely N-dealkylation sites (tertiary alicyclic amines) is 1. The van der Waals surface area contributed by atoms with Crippen LogP contribution in [0.4, 0.5) is 10.7 Å². The molecule has 10 nitrogen and oxygen atoms in total. The molecular weight excluding hydrogens is 536 g/mol. The number of phenolic OH excluding ortho intramolecular Hbond substituents is 1. The highest BCUT2D eigenvalue weighted by Crippen LogP contribution is 2.38. The lowest BCUT2D eigenvalue weighted by Gasteiger charge is -2.31. The number of benzene rings is 1. The summed E-state index contributed by atoms with van der Waals surface area (Å²) in [4.78, 5) is 25.4. The topological polar surface area (TPSA) is 128 Å². The van der Waals surface area contributed by atoms with Crippen molar-refractivity contribution in [1.82, 2.24) is 25.1 Å². The number of anilines is 1. The first kappa shape index (κ1) is 27.1. The molecule has 2 aliphatic rings. The van der Waals surface area contributed by atoms with Gasteiger partial charge in [0.2, 0.25) is 15.8 Å². The summed E-state index contributed by atoms with van der Waals surface area (Å²) in [6.07, 6.45) is 6.24. The zero-order chi connectivity index (χ0) is 27.4. The Morgan fingerprint density at radius 2 is 2.00 bits per heavy atom. The molecule has 1 atom stereocenters. The molecule has 1 unspecified atom stereocenters. The van der Waals surface area contributed by atoms with Crippen LogP contribution in [0, 0.1) is 0 Å². The lowest BCUT2D eigenvalue weighted by Crippen LogP contribution is -2.42. The smallest absolute Gasteiger partial charge is 0.317 e. The minimum atomic E-state index is -3.68. The number of aromatic hydroxyl groups is 1. The molecule has 0 aliphatic carbocycles. The summed E-state index contributed by atoms with van der Waals surface area (Å²) < 4.78 is 27.6. The number of hydrogen-bond acceptors (Lipinski definition) is 9. The van der Waals surface area contributed by atoms with E-state index in [1.54, 1.807) is 41.4 Å². The average Bonchev–Trinajstić information content (AvgIpc) is 3.60. The van der Waals surface area contributed by atoms with E-state index >= 15 is 0 Å². The Balaban J connectivity index is 1.45. The Bertz CT molecular complexity index is 1450. The first-order valence-corrected chi connectivity index (χ1v) is 15.4. The lowest BCUT2D eigenvalue weighted by atomic mass is 10.0. The van der Waals surface area contributed by atoms with Gasteiger partial charge < -0.3 is 20.6 Å². The molecule has 0 bridgehead atoms. The number of piperidine rings is 1. The van der Waals surface area contributed by atoms with E-state index in [1.807, 2.05) is 11.0 Å². The third kappa shape index (κ3) is 5.92. The van der Waals surface area contributed by atoms with Crippen molar-refractivity contribution in [3.63, 3.8) is 0 Å². The maximum atomic E-state index is 13.6. The number of amides is 2. The minimum absolute atomic E-state index is 0.0904. The van der Waals surface area contributed by atoms with Gasteiger partial charge in [-0.2, -0.15) is 0 Å². The van der Waals surface area contributed by atoms with Gasteiger partial charge in [0, 0.05) is 37.9 Å². The Morgan fingerprint density at radius 3 is 2.72 bits per heavy atom. The van der Waals surface area contributed by atoms with Crippen molar-refractivity contribution in [3.05, 3.63) is 55.3 Å². The van der Waals surface area contributed by atoms with Crippen LogP contribution in [0.1, 0.15) is 19.3 Å². The molecule has 1 aromatic carbocycles. The molecule has 0 radical (unpaired) electrons. The number of hydrogen-bond donors (Lipinski definition) is 3. The molecule has 12 heteroatoms. The fourth-order valence-electron chi connectivity index (χ4n) is 4.93. The maximum absolute atomic E-state index is 13.6. The van der Waals surface area contributed by atoms with Crippen LogP contribution in [0.5, 0.6) is 5.75 Å². The second-order valence-corrected chi connectivity index (χ2v) is 12.9. The number of rotatable bonds is 10. The van der Waals surface area contributed by atoms with Gasteiger partial charge in [0.25, 0.3) is 0 Å². The molecule has 2 amide bonds. The molecule has 5 rings (SSSR count). The third-order valence-corrected chi connectivity index (χ3v) is 10.6. The quantitative estimate of drug-likeness (QED) is 0.315. The highest BCUT2D eigenvalue weighted by Gasteiger charge is 2.33. The van der Waals surface area contributed by atoms with Crippen molar-refractivity contribution in [3.8, 4) is 27.4 Å². The first-order valence-electron chi connectivity index (χ1n) is 13.0. The van der Waals surface area contributed by atoms with Crippen LogP contribution >= 0.6 is 11.3 Å². The molecule has 0 spiro atoms. The molecule has 2 aromatic heterocycles. The number of nitrogens with zero attached hydrogens (tertiary/aromatic N) is 4. The van der Waals surface area contributed by atoms with Crippen molar-refractivity contribution in [2.75, 3.05) is 44.6 Å². The Morgan fingerprint density at radius 1 is 1.18 bits per heavy atom. The van der Waals surface area contributed by atoms with E-state index in [4.69, 9.17) is 4.98 Å². The maximum Gasteiger partial charge on any atom is 0.317 e. The second-order valence-electron chi connectivity index (χ2n) is 9.54. The lowest BCUT2D eigenvalue weighted by molar-refractivity contribution is 0.219. The molecule has 206 valence electrons. The van der Waals surface area contributed by atoms with Crippen molar-refractivity contribution in [2.45, 2.75) is 28.8 Å². The monoisotopic (exact) mass is 568 g/mol. The number of thiophene rings is 1. The van der Waals surface area contributed by atoms with Crippen molar-refractivity contribution < 1.29 is 18.3 Å². The molecule has 2 fully saturated rings. The summed E-state index contributed by atoms with van der Waals surface area (Å²) in [6, 6.07) is 10.1. The molecule has 3 N–H and O–H groups in total. The molecule has 4 heterocycles.